The lowest BCUT2D eigenvalue weighted by Crippen LogP contribution is -2.08. The quantitative estimate of drug-likeness (QED) is 0.913. The summed E-state index contributed by atoms with van der Waals surface area (Å²) in [6.45, 7) is 0.270. The molecule has 0 fully saturated rings. The standard InChI is InChI=1S/C14H12F3NO/c1-18-8-10-11(15)3-2-4-14(10)19-9-5-6-12(16)13(17)7-9/h2-7,18H,8H2,1H3. The van der Waals surface area contributed by atoms with E-state index in [9.17, 15) is 13.2 Å². The van der Waals surface area contributed by atoms with E-state index in [1.54, 1.807) is 13.1 Å². The molecule has 1 N–H and O–H groups in total. The summed E-state index contributed by atoms with van der Waals surface area (Å²) in [5, 5.41) is 2.82. The van der Waals surface area contributed by atoms with Crippen LogP contribution < -0.4 is 10.1 Å². The van der Waals surface area contributed by atoms with Crippen LogP contribution in [0.25, 0.3) is 0 Å². The second-order valence-electron chi connectivity index (χ2n) is 3.92. The van der Waals surface area contributed by atoms with Crippen molar-refractivity contribution in [2.24, 2.45) is 0 Å². The first kappa shape index (κ1) is 13.4. The summed E-state index contributed by atoms with van der Waals surface area (Å²) in [5.74, 6) is -2.01. The molecule has 0 aliphatic heterocycles. The highest BCUT2D eigenvalue weighted by Gasteiger charge is 2.11. The summed E-state index contributed by atoms with van der Waals surface area (Å²) in [7, 11) is 1.67. The summed E-state index contributed by atoms with van der Waals surface area (Å²) in [4.78, 5) is 0. The number of nitrogens with one attached hydrogen (secondary N) is 1. The van der Waals surface area contributed by atoms with Gasteiger partial charge in [0.25, 0.3) is 0 Å². The second-order valence-corrected chi connectivity index (χ2v) is 3.92. The third-order valence-corrected chi connectivity index (χ3v) is 2.55. The van der Waals surface area contributed by atoms with Crippen molar-refractivity contribution in [3.05, 3.63) is 59.4 Å². The Hall–Kier alpha value is -2.01. The van der Waals surface area contributed by atoms with Gasteiger partial charge in [-0.1, -0.05) is 6.07 Å². The zero-order valence-corrected chi connectivity index (χ0v) is 10.2. The van der Waals surface area contributed by atoms with Crippen molar-refractivity contribution in [2.75, 3.05) is 7.05 Å². The average Bonchev–Trinajstić information content (AvgIpc) is 2.38. The molecule has 2 rings (SSSR count). The Bertz CT molecular complexity index is 587. The van der Waals surface area contributed by atoms with E-state index in [-0.39, 0.29) is 18.0 Å². The van der Waals surface area contributed by atoms with Gasteiger partial charge in [-0.15, -0.1) is 0 Å². The Morgan fingerprint density at radius 3 is 2.47 bits per heavy atom. The molecule has 0 radical (unpaired) electrons. The first-order chi connectivity index (χ1) is 9.11. The van der Waals surface area contributed by atoms with Gasteiger partial charge in [-0.3, -0.25) is 0 Å². The highest BCUT2D eigenvalue weighted by atomic mass is 19.2. The van der Waals surface area contributed by atoms with E-state index < -0.39 is 17.5 Å². The number of hydrogen-bond acceptors (Lipinski definition) is 2. The van der Waals surface area contributed by atoms with Crippen molar-refractivity contribution in [2.45, 2.75) is 6.54 Å². The predicted molar refractivity (Wildman–Crippen MR) is 65.6 cm³/mol. The molecule has 0 heterocycles. The molecule has 0 saturated heterocycles. The smallest absolute Gasteiger partial charge is 0.162 e. The highest BCUT2D eigenvalue weighted by molar-refractivity contribution is 5.38. The van der Waals surface area contributed by atoms with Crippen LogP contribution in [0, 0.1) is 17.5 Å². The highest BCUT2D eigenvalue weighted by Crippen LogP contribution is 2.28. The van der Waals surface area contributed by atoms with Gasteiger partial charge in [0.1, 0.15) is 17.3 Å². The van der Waals surface area contributed by atoms with Crippen molar-refractivity contribution in [1.82, 2.24) is 5.32 Å². The van der Waals surface area contributed by atoms with Gasteiger partial charge in [-0.2, -0.15) is 0 Å². The lowest BCUT2D eigenvalue weighted by atomic mass is 10.2. The van der Waals surface area contributed by atoms with Crippen molar-refractivity contribution in [3.8, 4) is 11.5 Å². The molecule has 0 aliphatic carbocycles. The first-order valence-electron chi connectivity index (χ1n) is 5.66. The van der Waals surface area contributed by atoms with Gasteiger partial charge in [0.2, 0.25) is 0 Å². The normalized spacial score (nSPS) is 10.5. The zero-order chi connectivity index (χ0) is 13.8. The summed E-state index contributed by atoms with van der Waals surface area (Å²) in [6.07, 6.45) is 0. The van der Waals surface area contributed by atoms with Crippen LogP contribution in [-0.2, 0) is 6.54 Å². The van der Waals surface area contributed by atoms with E-state index >= 15 is 0 Å². The molecule has 0 unspecified atom stereocenters. The third-order valence-electron chi connectivity index (χ3n) is 2.55. The molecule has 2 aromatic rings. The summed E-state index contributed by atoms with van der Waals surface area (Å²) >= 11 is 0. The fourth-order valence-corrected chi connectivity index (χ4v) is 1.65. The van der Waals surface area contributed by atoms with Gasteiger partial charge >= 0.3 is 0 Å². The van der Waals surface area contributed by atoms with E-state index in [0.717, 1.165) is 12.1 Å². The Balaban J connectivity index is 2.32. The molecule has 0 saturated carbocycles. The third kappa shape index (κ3) is 3.06. The molecule has 100 valence electrons. The number of benzene rings is 2. The fourth-order valence-electron chi connectivity index (χ4n) is 1.65. The fraction of sp³-hybridized carbons (Fsp3) is 0.143. The maximum absolute atomic E-state index is 13.6. The molecule has 5 heteroatoms. The Kier molecular flexibility index (Phi) is 4.06. The minimum absolute atomic E-state index is 0.113. The van der Waals surface area contributed by atoms with Gasteiger partial charge in [-0.05, 0) is 31.3 Å². The summed E-state index contributed by atoms with van der Waals surface area (Å²) in [5.41, 5.74) is 0.328. The monoisotopic (exact) mass is 267 g/mol. The average molecular weight is 267 g/mol. The summed E-state index contributed by atoms with van der Waals surface area (Å²) in [6, 6.07) is 7.53. The largest absolute Gasteiger partial charge is 0.457 e. The molecule has 2 aromatic carbocycles. The van der Waals surface area contributed by atoms with Gasteiger partial charge < -0.3 is 10.1 Å². The second kappa shape index (κ2) is 5.75. The predicted octanol–water partition coefficient (Wildman–Crippen LogP) is 3.62. The molecule has 0 aliphatic rings. The number of hydrogen-bond donors (Lipinski definition) is 1. The van der Waals surface area contributed by atoms with Crippen LogP contribution in [0.15, 0.2) is 36.4 Å². The maximum atomic E-state index is 13.6. The zero-order valence-electron chi connectivity index (χ0n) is 10.2. The van der Waals surface area contributed by atoms with Crippen LogP contribution in [-0.4, -0.2) is 7.05 Å². The molecule has 0 aromatic heterocycles. The summed E-state index contributed by atoms with van der Waals surface area (Å²) < 4.78 is 44.9. The van der Waals surface area contributed by atoms with E-state index in [1.807, 2.05) is 0 Å². The van der Waals surface area contributed by atoms with Gasteiger partial charge in [0.05, 0.1) is 0 Å². The lowest BCUT2D eigenvalue weighted by Gasteiger charge is -2.11. The van der Waals surface area contributed by atoms with Gasteiger partial charge in [-0.25, -0.2) is 13.2 Å². The van der Waals surface area contributed by atoms with Gasteiger partial charge in [0, 0.05) is 18.2 Å². The molecular weight excluding hydrogens is 255 g/mol. The molecular formula is C14H12F3NO. The van der Waals surface area contributed by atoms with E-state index in [2.05, 4.69) is 5.32 Å². The van der Waals surface area contributed by atoms with Crippen molar-refractivity contribution in [3.63, 3.8) is 0 Å². The van der Waals surface area contributed by atoms with Crippen LogP contribution in [0.3, 0.4) is 0 Å². The Labute approximate surface area is 108 Å². The SMILES string of the molecule is CNCc1c(F)cccc1Oc1ccc(F)c(F)c1. The molecule has 19 heavy (non-hydrogen) atoms. The van der Waals surface area contributed by atoms with Crippen molar-refractivity contribution in [1.29, 1.82) is 0 Å². The molecule has 0 spiro atoms. The van der Waals surface area contributed by atoms with Crippen molar-refractivity contribution < 1.29 is 17.9 Å². The molecule has 0 amide bonds. The Morgan fingerprint density at radius 1 is 1.00 bits per heavy atom. The van der Waals surface area contributed by atoms with Gasteiger partial charge in [0.15, 0.2) is 11.6 Å². The van der Waals surface area contributed by atoms with E-state index in [1.165, 1.54) is 18.2 Å². The van der Waals surface area contributed by atoms with Crippen LogP contribution >= 0.6 is 0 Å². The maximum Gasteiger partial charge on any atom is 0.162 e. The van der Waals surface area contributed by atoms with Crippen LogP contribution in [0.4, 0.5) is 13.2 Å². The van der Waals surface area contributed by atoms with E-state index in [0.29, 0.717) is 5.56 Å². The Morgan fingerprint density at radius 2 is 1.79 bits per heavy atom. The minimum atomic E-state index is -1.01. The number of halogens is 3. The molecule has 2 nitrogen and oxygen atoms in total. The van der Waals surface area contributed by atoms with Crippen LogP contribution in [0.2, 0.25) is 0 Å². The lowest BCUT2D eigenvalue weighted by molar-refractivity contribution is 0.449. The minimum Gasteiger partial charge on any atom is -0.457 e. The van der Waals surface area contributed by atoms with Crippen LogP contribution in [0.1, 0.15) is 5.56 Å². The van der Waals surface area contributed by atoms with Crippen LogP contribution in [0.5, 0.6) is 11.5 Å². The topological polar surface area (TPSA) is 21.3 Å². The molecule has 0 atom stereocenters. The number of rotatable bonds is 4. The number of ether oxygens (including phenoxy) is 1. The van der Waals surface area contributed by atoms with Crippen molar-refractivity contribution >= 4 is 0 Å². The molecule has 0 bridgehead atoms. The first-order valence-corrected chi connectivity index (χ1v) is 5.66. The van der Waals surface area contributed by atoms with E-state index in [4.69, 9.17) is 4.74 Å².